The number of hydrogen-bond donors (Lipinski definition) is 0. The Kier molecular flexibility index (Phi) is 5.78. The van der Waals surface area contributed by atoms with Gasteiger partial charge in [0.15, 0.2) is 0 Å². The largest absolute Gasteiger partial charge is 0.456 e. The molecule has 0 bridgehead atoms. The van der Waals surface area contributed by atoms with E-state index >= 15 is 0 Å². The molecule has 0 unspecified atom stereocenters. The average molecular weight is 578 g/mol. The molecule has 0 aliphatic carbocycles. The number of thiophene rings is 1. The maximum atomic E-state index is 10.2. The molecular weight excluding hydrogens is 559 g/mol. The zero-order valence-corrected chi connectivity index (χ0v) is 23.9. The molecule has 0 aliphatic rings. The molecule has 0 atom stereocenters. The topological polar surface area (TPSA) is 84.5 Å². The van der Waals surface area contributed by atoms with Crippen molar-refractivity contribution >= 4 is 53.4 Å². The van der Waals surface area contributed by atoms with Crippen LogP contribution in [-0.4, -0.2) is 0 Å². The summed E-state index contributed by atoms with van der Waals surface area (Å²) in [7, 11) is 0. The molecule has 8 aromatic rings. The predicted molar refractivity (Wildman–Crippen MR) is 177 cm³/mol. The van der Waals surface area contributed by atoms with E-state index in [1.54, 1.807) is 23.5 Å². The van der Waals surface area contributed by atoms with Gasteiger partial charge in [-0.15, -0.1) is 11.3 Å². The lowest BCUT2D eigenvalue weighted by atomic mass is 9.87. The number of fused-ring (bicyclic) bond motifs is 6. The Morgan fingerprint density at radius 1 is 0.523 bits per heavy atom. The van der Waals surface area contributed by atoms with Crippen LogP contribution in [0.4, 0.5) is 0 Å². The van der Waals surface area contributed by atoms with E-state index in [-0.39, 0.29) is 16.7 Å². The van der Waals surface area contributed by atoms with Crippen molar-refractivity contribution in [3.05, 3.63) is 132 Å². The van der Waals surface area contributed by atoms with Crippen molar-refractivity contribution in [1.29, 1.82) is 15.8 Å². The minimum Gasteiger partial charge on any atom is -0.456 e. The van der Waals surface area contributed by atoms with Gasteiger partial charge in [-0.05, 0) is 76.3 Å². The normalized spacial score (nSPS) is 11.1. The van der Waals surface area contributed by atoms with Crippen LogP contribution in [0.5, 0.6) is 0 Å². The van der Waals surface area contributed by atoms with Gasteiger partial charge >= 0.3 is 0 Å². The van der Waals surface area contributed by atoms with E-state index in [0.717, 1.165) is 49.8 Å². The summed E-state index contributed by atoms with van der Waals surface area (Å²) in [6.07, 6.45) is 0. The monoisotopic (exact) mass is 577 g/mol. The SMILES string of the molecule is N#Cc1cc(C#N)c(-c2cc(-c3cccc4c3sc3ccccc34)cc(-c3cccc4oc5ccccc5c34)c2)c(C#N)c1. The van der Waals surface area contributed by atoms with Crippen LogP contribution in [0.1, 0.15) is 16.7 Å². The fourth-order valence-corrected chi connectivity index (χ4v) is 7.50. The molecule has 0 radical (unpaired) electrons. The summed E-state index contributed by atoms with van der Waals surface area (Å²) < 4.78 is 8.60. The second-order valence-corrected chi connectivity index (χ2v) is 11.7. The van der Waals surface area contributed by atoms with E-state index in [9.17, 15) is 15.8 Å². The Bertz CT molecular complexity index is 2570. The second-order valence-electron chi connectivity index (χ2n) is 10.6. The number of nitrogens with zero attached hydrogens (tertiary/aromatic N) is 3. The van der Waals surface area contributed by atoms with Gasteiger partial charge in [-0.3, -0.25) is 0 Å². The smallest absolute Gasteiger partial charge is 0.136 e. The molecule has 5 heteroatoms. The molecule has 0 amide bonds. The molecular formula is C39H19N3OS. The molecule has 0 saturated heterocycles. The third kappa shape index (κ3) is 3.88. The molecule has 6 aromatic carbocycles. The highest BCUT2D eigenvalue weighted by Gasteiger charge is 2.19. The van der Waals surface area contributed by atoms with Gasteiger partial charge in [-0.1, -0.05) is 66.7 Å². The minimum absolute atomic E-state index is 0.280. The van der Waals surface area contributed by atoms with Crippen molar-refractivity contribution in [1.82, 2.24) is 0 Å². The Morgan fingerprint density at radius 3 is 1.91 bits per heavy atom. The van der Waals surface area contributed by atoms with Crippen molar-refractivity contribution in [2.45, 2.75) is 0 Å². The third-order valence-corrected chi connectivity index (χ3v) is 9.38. The Balaban J connectivity index is 1.48. The number of furan rings is 1. The highest BCUT2D eigenvalue weighted by Crippen LogP contribution is 2.44. The van der Waals surface area contributed by atoms with Crippen molar-refractivity contribution in [2.24, 2.45) is 0 Å². The molecule has 8 rings (SSSR count). The second kappa shape index (κ2) is 9.97. The molecule has 0 saturated carbocycles. The zero-order chi connectivity index (χ0) is 29.8. The number of rotatable bonds is 3. The van der Waals surface area contributed by atoms with Crippen LogP contribution in [0.25, 0.3) is 75.5 Å². The fourth-order valence-electron chi connectivity index (χ4n) is 6.27. The van der Waals surface area contributed by atoms with Crippen LogP contribution in [-0.2, 0) is 0 Å². The van der Waals surface area contributed by atoms with Crippen molar-refractivity contribution in [2.75, 3.05) is 0 Å². The van der Waals surface area contributed by atoms with Crippen LogP contribution in [0, 0.1) is 34.0 Å². The summed E-state index contributed by atoms with van der Waals surface area (Å²) in [5.74, 6) is 0. The zero-order valence-electron chi connectivity index (χ0n) is 23.1. The number of nitriles is 3. The quantitative estimate of drug-likeness (QED) is 0.209. The van der Waals surface area contributed by atoms with Gasteiger partial charge < -0.3 is 4.42 Å². The van der Waals surface area contributed by atoms with E-state index < -0.39 is 0 Å². The van der Waals surface area contributed by atoms with Gasteiger partial charge in [0.05, 0.1) is 34.9 Å². The number of para-hydroxylation sites is 1. The molecule has 2 aromatic heterocycles. The highest BCUT2D eigenvalue weighted by molar-refractivity contribution is 7.26. The van der Waals surface area contributed by atoms with Crippen LogP contribution in [0.3, 0.4) is 0 Å². The summed E-state index contributed by atoms with van der Waals surface area (Å²) >= 11 is 1.76. The van der Waals surface area contributed by atoms with E-state index in [1.165, 1.54) is 20.2 Å². The summed E-state index contributed by atoms with van der Waals surface area (Å²) in [6, 6.07) is 44.8. The van der Waals surface area contributed by atoms with Crippen LogP contribution in [0.15, 0.2) is 120 Å². The van der Waals surface area contributed by atoms with Crippen LogP contribution >= 0.6 is 11.3 Å². The van der Waals surface area contributed by atoms with Crippen molar-refractivity contribution < 1.29 is 4.42 Å². The highest BCUT2D eigenvalue weighted by atomic mass is 32.1. The summed E-state index contributed by atoms with van der Waals surface area (Å²) in [4.78, 5) is 0. The van der Waals surface area contributed by atoms with Crippen molar-refractivity contribution in [3.8, 4) is 51.6 Å². The van der Waals surface area contributed by atoms with E-state index in [0.29, 0.717) is 5.56 Å². The summed E-state index contributed by atoms with van der Waals surface area (Å²) in [6.45, 7) is 0. The molecule has 0 spiro atoms. The maximum absolute atomic E-state index is 10.2. The first kappa shape index (κ1) is 25.5. The molecule has 0 fully saturated rings. The van der Waals surface area contributed by atoms with Gasteiger partial charge in [-0.2, -0.15) is 15.8 Å². The predicted octanol–water partition coefficient (Wildman–Crippen LogP) is 10.6. The van der Waals surface area contributed by atoms with Gasteiger partial charge in [0.25, 0.3) is 0 Å². The number of hydrogen-bond acceptors (Lipinski definition) is 5. The summed E-state index contributed by atoms with van der Waals surface area (Å²) in [5, 5.41) is 34.3. The van der Waals surface area contributed by atoms with E-state index in [4.69, 9.17) is 4.42 Å². The molecule has 2 heterocycles. The van der Waals surface area contributed by atoms with E-state index in [2.05, 4.69) is 84.9 Å². The fraction of sp³-hybridized carbons (Fsp3) is 0. The lowest BCUT2D eigenvalue weighted by Gasteiger charge is -2.14. The number of benzene rings is 6. The van der Waals surface area contributed by atoms with Crippen molar-refractivity contribution in [3.63, 3.8) is 0 Å². The van der Waals surface area contributed by atoms with Gasteiger partial charge in [0.2, 0.25) is 0 Å². The maximum Gasteiger partial charge on any atom is 0.136 e. The summed E-state index contributed by atoms with van der Waals surface area (Å²) in [5.41, 5.74) is 7.67. The molecule has 0 aliphatic heterocycles. The average Bonchev–Trinajstić information content (AvgIpc) is 3.66. The first-order valence-corrected chi connectivity index (χ1v) is 14.8. The lowest BCUT2D eigenvalue weighted by Crippen LogP contribution is -1.94. The first-order chi connectivity index (χ1) is 21.7. The minimum atomic E-state index is 0.280. The van der Waals surface area contributed by atoms with E-state index in [1.807, 2.05) is 36.4 Å². The van der Waals surface area contributed by atoms with Gasteiger partial charge in [-0.25, -0.2) is 0 Å². The Labute approximate surface area is 256 Å². The molecule has 4 nitrogen and oxygen atoms in total. The Hall–Kier alpha value is -6.19. The van der Waals surface area contributed by atoms with Crippen LogP contribution in [0.2, 0.25) is 0 Å². The molecule has 202 valence electrons. The van der Waals surface area contributed by atoms with Crippen LogP contribution < -0.4 is 0 Å². The third-order valence-electron chi connectivity index (χ3n) is 8.16. The molecule has 44 heavy (non-hydrogen) atoms. The van der Waals surface area contributed by atoms with Gasteiger partial charge in [0, 0.05) is 36.5 Å². The standard InChI is InChI=1S/C39H19N3OS/c40-20-23-15-27(21-41)37(28(16-23)22-42)26-18-24(29-9-6-13-35-38(29)33-8-1-3-12-34(33)43-35)17-25(19-26)30-10-5-11-32-31-7-2-4-14-36(31)44-39(30)32/h1-19H. The molecule has 0 N–H and O–H groups in total. The lowest BCUT2D eigenvalue weighted by molar-refractivity contribution is 0.669. The van der Waals surface area contributed by atoms with Gasteiger partial charge in [0.1, 0.15) is 11.2 Å². The first-order valence-electron chi connectivity index (χ1n) is 14.0. The Morgan fingerprint density at radius 2 is 1.14 bits per heavy atom.